The van der Waals surface area contributed by atoms with Gasteiger partial charge in [-0.05, 0) is 31.7 Å². The van der Waals surface area contributed by atoms with E-state index in [4.69, 9.17) is 5.73 Å². The van der Waals surface area contributed by atoms with Gasteiger partial charge in [-0.1, -0.05) is 13.8 Å². The van der Waals surface area contributed by atoms with Crippen LogP contribution in [0.3, 0.4) is 0 Å². The van der Waals surface area contributed by atoms with E-state index in [1.54, 1.807) is 4.68 Å². The highest BCUT2D eigenvalue weighted by Crippen LogP contribution is 2.25. The molecule has 1 aliphatic heterocycles. The maximum atomic E-state index is 12.7. The normalized spacial score (nSPS) is 23.1. The molecule has 2 unspecified atom stereocenters. The molecule has 19 heavy (non-hydrogen) atoms. The van der Waals surface area contributed by atoms with Gasteiger partial charge in [-0.3, -0.25) is 9.48 Å². The minimum atomic E-state index is 0.0776. The molecule has 1 amide bonds. The Hall–Kier alpha value is -1.36. The lowest BCUT2D eigenvalue weighted by Crippen LogP contribution is -2.42. The van der Waals surface area contributed by atoms with Gasteiger partial charge in [0.1, 0.15) is 5.69 Å². The molecule has 2 N–H and O–H groups in total. The van der Waals surface area contributed by atoms with Crippen LogP contribution in [0, 0.1) is 5.92 Å². The van der Waals surface area contributed by atoms with Crippen molar-refractivity contribution in [1.82, 2.24) is 14.7 Å². The molecule has 0 aliphatic carbocycles. The van der Waals surface area contributed by atoms with E-state index in [1.807, 2.05) is 17.9 Å². The van der Waals surface area contributed by atoms with Crippen LogP contribution in [0.15, 0.2) is 6.07 Å². The zero-order valence-electron chi connectivity index (χ0n) is 12.1. The summed E-state index contributed by atoms with van der Waals surface area (Å²) in [4.78, 5) is 14.6. The highest BCUT2D eigenvalue weighted by atomic mass is 16.2. The summed E-state index contributed by atoms with van der Waals surface area (Å²) in [6, 6.07) is 2.08. The number of aromatic nitrogens is 2. The molecule has 0 aromatic carbocycles. The monoisotopic (exact) mass is 264 g/mol. The van der Waals surface area contributed by atoms with Gasteiger partial charge in [0, 0.05) is 25.7 Å². The van der Waals surface area contributed by atoms with Crippen molar-refractivity contribution in [3.8, 4) is 0 Å². The highest BCUT2D eigenvalue weighted by molar-refractivity contribution is 5.93. The lowest BCUT2D eigenvalue weighted by Gasteiger charge is -2.25. The molecule has 5 nitrogen and oxygen atoms in total. The number of amides is 1. The molecule has 1 aromatic heterocycles. The van der Waals surface area contributed by atoms with Crippen LogP contribution in [0.1, 0.15) is 43.4 Å². The third-order valence-corrected chi connectivity index (χ3v) is 4.10. The first kappa shape index (κ1) is 14.1. The molecule has 2 heterocycles. The van der Waals surface area contributed by atoms with Crippen molar-refractivity contribution in [2.45, 2.75) is 46.2 Å². The average molecular weight is 264 g/mol. The largest absolute Gasteiger partial charge is 0.333 e. The molecular formula is C14H24N4O. The van der Waals surface area contributed by atoms with E-state index >= 15 is 0 Å². The third-order valence-electron chi connectivity index (χ3n) is 4.10. The smallest absolute Gasteiger partial charge is 0.272 e. The van der Waals surface area contributed by atoms with Gasteiger partial charge in [-0.25, -0.2) is 0 Å². The second-order valence-corrected chi connectivity index (χ2v) is 5.26. The fourth-order valence-corrected chi connectivity index (χ4v) is 2.82. The first-order chi connectivity index (χ1) is 9.12. The molecule has 1 aromatic rings. The SMILES string of the molecule is CCc1cc(C(=O)N2CCC(C)C2CN)n(CC)n1. The Morgan fingerprint density at radius 2 is 2.26 bits per heavy atom. The first-order valence-electron chi connectivity index (χ1n) is 7.20. The van der Waals surface area contributed by atoms with Crippen LogP contribution in [0.4, 0.5) is 0 Å². The highest BCUT2D eigenvalue weighted by Gasteiger charge is 2.35. The first-order valence-corrected chi connectivity index (χ1v) is 7.20. The Kier molecular flexibility index (Phi) is 4.24. The van der Waals surface area contributed by atoms with E-state index in [-0.39, 0.29) is 11.9 Å². The molecular weight excluding hydrogens is 240 g/mol. The fraction of sp³-hybridized carbons (Fsp3) is 0.714. The predicted molar refractivity (Wildman–Crippen MR) is 74.9 cm³/mol. The molecule has 1 aliphatic rings. The number of hydrogen-bond acceptors (Lipinski definition) is 3. The molecule has 5 heteroatoms. The van der Waals surface area contributed by atoms with Crippen LogP contribution < -0.4 is 5.73 Å². The second-order valence-electron chi connectivity index (χ2n) is 5.26. The van der Waals surface area contributed by atoms with E-state index in [1.165, 1.54) is 0 Å². The number of hydrogen-bond donors (Lipinski definition) is 1. The van der Waals surface area contributed by atoms with Gasteiger partial charge in [0.25, 0.3) is 5.91 Å². The number of nitrogens with zero attached hydrogens (tertiary/aromatic N) is 3. The maximum absolute atomic E-state index is 12.7. The van der Waals surface area contributed by atoms with Gasteiger partial charge >= 0.3 is 0 Å². The lowest BCUT2D eigenvalue weighted by atomic mass is 10.0. The van der Waals surface area contributed by atoms with Crippen molar-refractivity contribution in [1.29, 1.82) is 0 Å². The summed E-state index contributed by atoms with van der Waals surface area (Å²) in [6.45, 7) is 8.29. The summed E-state index contributed by atoms with van der Waals surface area (Å²) in [5.74, 6) is 0.562. The van der Waals surface area contributed by atoms with E-state index < -0.39 is 0 Å². The number of carbonyl (C=O) groups is 1. The number of carbonyl (C=O) groups excluding carboxylic acids is 1. The second kappa shape index (κ2) is 5.74. The molecule has 0 radical (unpaired) electrons. The Balaban J connectivity index is 2.26. The molecule has 106 valence electrons. The van der Waals surface area contributed by atoms with Gasteiger partial charge in [-0.2, -0.15) is 5.10 Å². The standard InChI is InChI=1S/C14H24N4O/c1-4-11-8-12(18(5-2)16-11)14(19)17-7-6-10(3)13(17)9-15/h8,10,13H,4-7,9,15H2,1-3H3. The lowest BCUT2D eigenvalue weighted by molar-refractivity contribution is 0.0715. The van der Waals surface area contributed by atoms with Crippen molar-refractivity contribution < 1.29 is 4.79 Å². The van der Waals surface area contributed by atoms with E-state index in [0.29, 0.717) is 18.2 Å². The number of likely N-dealkylation sites (tertiary alicyclic amines) is 1. The van der Waals surface area contributed by atoms with Gasteiger partial charge in [0.15, 0.2) is 0 Å². The van der Waals surface area contributed by atoms with E-state index in [9.17, 15) is 4.79 Å². The zero-order chi connectivity index (χ0) is 14.0. The van der Waals surface area contributed by atoms with E-state index in [2.05, 4.69) is 18.9 Å². The maximum Gasteiger partial charge on any atom is 0.272 e. The van der Waals surface area contributed by atoms with Crippen molar-refractivity contribution in [3.05, 3.63) is 17.5 Å². The van der Waals surface area contributed by atoms with Crippen LogP contribution in [0.25, 0.3) is 0 Å². The number of nitrogens with two attached hydrogens (primary N) is 1. The Labute approximate surface area is 114 Å². The topological polar surface area (TPSA) is 64.2 Å². The summed E-state index contributed by atoms with van der Waals surface area (Å²) >= 11 is 0. The van der Waals surface area contributed by atoms with E-state index in [0.717, 1.165) is 31.6 Å². The van der Waals surface area contributed by atoms with Gasteiger partial charge < -0.3 is 10.6 Å². The van der Waals surface area contributed by atoms with Crippen LogP contribution in [-0.2, 0) is 13.0 Å². The zero-order valence-corrected chi connectivity index (χ0v) is 12.1. The molecule has 2 atom stereocenters. The van der Waals surface area contributed by atoms with Crippen LogP contribution >= 0.6 is 0 Å². The molecule has 0 spiro atoms. The summed E-state index contributed by atoms with van der Waals surface area (Å²) in [6.07, 6.45) is 1.89. The molecule has 0 bridgehead atoms. The number of rotatable bonds is 4. The van der Waals surface area contributed by atoms with Gasteiger partial charge in [0.2, 0.25) is 0 Å². The summed E-state index contributed by atoms with van der Waals surface area (Å²) in [5.41, 5.74) is 7.49. The Bertz CT molecular complexity index is 454. The molecule has 1 saturated heterocycles. The van der Waals surface area contributed by atoms with Crippen molar-refractivity contribution >= 4 is 5.91 Å². The Morgan fingerprint density at radius 1 is 1.53 bits per heavy atom. The van der Waals surface area contributed by atoms with Crippen LogP contribution in [-0.4, -0.2) is 39.7 Å². The van der Waals surface area contributed by atoms with Crippen molar-refractivity contribution in [3.63, 3.8) is 0 Å². The van der Waals surface area contributed by atoms with Crippen LogP contribution in [0.5, 0.6) is 0 Å². The molecule has 1 fully saturated rings. The molecule has 0 saturated carbocycles. The molecule has 2 rings (SSSR count). The summed E-state index contributed by atoms with van der Waals surface area (Å²) in [7, 11) is 0. The quantitative estimate of drug-likeness (QED) is 0.891. The predicted octanol–water partition coefficient (Wildman–Crippen LogP) is 1.27. The summed E-state index contributed by atoms with van der Waals surface area (Å²) in [5, 5.41) is 4.45. The van der Waals surface area contributed by atoms with Gasteiger partial charge in [0.05, 0.1) is 5.69 Å². The van der Waals surface area contributed by atoms with Crippen LogP contribution in [0.2, 0.25) is 0 Å². The summed E-state index contributed by atoms with van der Waals surface area (Å²) < 4.78 is 1.80. The van der Waals surface area contributed by atoms with Crippen molar-refractivity contribution in [2.75, 3.05) is 13.1 Å². The third kappa shape index (κ3) is 2.52. The number of aryl methyl sites for hydroxylation is 2. The average Bonchev–Trinajstić information content (AvgIpc) is 3.00. The van der Waals surface area contributed by atoms with Crippen molar-refractivity contribution in [2.24, 2.45) is 11.7 Å². The fourth-order valence-electron chi connectivity index (χ4n) is 2.82. The minimum absolute atomic E-state index is 0.0776. The minimum Gasteiger partial charge on any atom is -0.333 e. The van der Waals surface area contributed by atoms with Gasteiger partial charge in [-0.15, -0.1) is 0 Å². The Morgan fingerprint density at radius 3 is 2.84 bits per heavy atom.